The number of pyridine rings is 1. The predicted molar refractivity (Wildman–Crippen MR) is 72.7 cm³/mol. The molecule has 96 valence electrons. The van der Waals surface area contributed by atoms with Crippen molar-refractivity contribution < 1.29 is 0 Å². The Morgan fingerprint density at radius 3 is 2.95 bits per heavy atom. The van der Waals surface area contributed by atoms with E-state index in [1.165, 1.54) is 0 Å². The summed E-state index contributed by atoms with van der Waals surface area (Å²) < 4.78 is 1.92. The SMILES string of the molecule is c1cnn(CCCNc2ccc3nccnc3n2)c1. The summed E-state index contributed by atoms with van der Waals surface area (Å²) >= 11 is 0. The van der Waals surface area contributed by atoms with E-state index in [1.807, 2.05) is 29.1 Å². The zero-order valence-electron chi connectivity index (χ0n) is 10.4. The number of aryl methyl sites for hydroxylation is 1. The second-order valence-corrected chi connectivity index (χ2v) is 4.15. The molecule has 0 saturated heterocycles. The van der Waals surface area contributed by atoms with Crippen LogP contribution < -0.4 is 5.32 Å². The molecule has 0 aliphatic carbocycles. The van der Waals surface area contributed by atoms with Crippen molar-refractivity contribution in [2.45, 2.75) is 13.0 Å². The number of nitrogens with zero attached hydrogens (tertiary/aromatic N) is 5. The fourth-order valence-electron chi connectivity index (χ4n) is 1.84. The molecule has 0 saturated carbocycles. The number of hydrogen-bond donors (Lipinski definition) is 1. The Hall–Kier alpha value is -2.50. The minimum Gasteiger partial charge on any atom is -0.370 e. The number of rotatable bonds is 5. The lowest BCUT2D eigenvalue weighted by atomic mass is 10.3. The Morgan fingerprint density at radius 1 is 1.11 bits per heavy atom. The van der Waals surface area contributed by atoms with Crippen LogP contribution in [0, 0.1) is 0 Å². The van der Waals surface area contributed by atoms with Gasteiger partial charge in [0.05, 0.1) is 0 Å². The molecular formula is C13H14N6. The number of hydrogen-bond acceptors (Lipinski definition) is 5. The first kappa shape index (κ1) is 11.6. The summed E-state index contributed by atoms with van der Waals surface area (Å²) in [5, 5.41) is 7.44. The molecule has 3 aromatic rings. The molecule has 6 nitrogen and oxygen atoms in total. The van der Waals surface area contributed by atoms with Gasteiger partial charge in [-0.05, 0) is 24.6 Å². The van der Waals surface area contributed by atoms with E-state index in [1.54, 1.807) is 18.6 Å². The number of anilines is 1. The monoisotopic (exact) mass is 254 g/mol. The Morgan fingerprint density at radius 2 is 2.05 bits per heavy atom. The second kappa shape index (κ2) is 5.43. The third-order valence-corrected chi connectivity index (χ3v) is 2.76. The summed E-state index contributed by atoms with van der Waals surface area (Å²) in [6, 6.07) is 5.77. The van der Waals surface area contributed by atoms with Crippen LogP contribution in [-0.2, 0) is 6.54 Å². The third-order valence-electron chi connectivity index (χ3n) is 2.76. The Bertz CT molecular complexity index is 649. The lowest BCUT2D eigenvalue weighted by Gasteiger charge is -2.06. The van der Waals surface area contributed by atoms with Crippen LogP contribution in [-0.4, -0.2) is 31.3 Å². The zero-order valence-corrected chi connectivity index (χ0v) is 10.4. The van der Waals surface area contributed by atoms with E-state index >= 15 is 0 Å². The summed E-state index contributed by atoms with van der Waals surface area (Å²) in [6.45, 7) is 1.74. The van der Waals surface area contributed by atoms with Gasteiger partial charge in [-0.3, -0.25) is 9.67 Å². The third kappa shape index (κ3) is 2.85. The topological polar surface area (TPSA) is 68.5 Å². The summed E-state index contributed by atoms with van der Waals surface area (Å²) in [7, 11) is 0. The maximum atomic E-state index is 4.40. The minimum atomic E-state index is 0.666. The smallest absolute Gasteiger partial charge is 0.180 e. The summed E-state index contributed by atoms with van der Waals surface area (Å²) in [6.07, 6.45) is 8.06. The van der Waals surface area contributed by atoms with E-state index in [4.69, 9.17) is 0 Å². The molecule has 3 aromatic heterocycles. The molecule has 19 heavy (non-hydrogen) atoms. The number of nitrogens with one attached hydrogen (secondary N) is 1. The summed E-state index contributed by atoms with van der Waals surface area (Å²) in [5.41, 5.74) is 1.48. The van der Waals surface area contributed by atoms with Crippen molar-refractivity contribution in [3.8, 4) is 0 Å². The maximum absolute atomic E-state index is 4.40. The quantitative estimate of drug-likeness (QED) is 0.702. The van der Waals surface area contributed by atoms with Gasteiger partial charge < -0.3 is 5.32 Å². The van der Waals surface area contributed by atoms with Crippen LogP contribution in [0.3, 0.4) is 0 Å². The van der Waals surface area contributed by atoms with Gasteiger partial charge in [-0.2, -0.15) is 5.10 Å². The number of aromatic nitrogens is 5. The fourth-order valence-corrected chi connectivity index (χ4v) is 1.84. The molecule has 0 bridgehead atoms. The van der Waals surface area contributed by atoms with Gasteiger partial charge in [0, 0.05) is 37.9 Å². The predicted octanol–water partition coefficient (Wildman–Crippen LogP) is 1.72. The first-order valence-corrected chi connectivity index (χ1v) is 6.21. The molecule has 0 atom stereocenters. The van der Waals surface area contributed by atoms with Gasteiger partial charge in [0.25, 0.3) is 0 Å². The van der Waals surface area contributed by atoms with Crippen LogP contribution in [0.5, 0.6) is 0 Å². The van der Waals surface area contributed by atoms with Crippen molar-refractivity contribution in [1.82, 2.24) is 24.7 Å². The first-order chi connectivity index (χ1) is 9.42. The van der Waals surface area contributed by atoms with Crippen molar-refractivity contribution in [2.75, 3.05) is 11.9 Å². The van der Waals surface area contributed by atoms with E-state index in [2.05, 4.69) is 25.4 Å². The summed E-state index contributed by atoms with van der Waals surface area (Å²) in [4.78, 5) is 12.8. The van der Waals surface area contributed by atoms with Crippen molar-refractivity contribution in [2.24, 2.45) is 0 Å². The average molecular weight is 254 g/mol. The minimum absolute atomic E-state index is 0.666. The molecule has 0 amide bonds. The molecule has 0 aromatic carbocycles. The van der Waals surface area contributed by atoms with Gasteiger partial charge in [0.15, 0.2) is 5.65 Å². The van der Waals surface area contributed by atoms with E-state index in [-0.39, 0.29) is 0 Å². The zero-order chi connectivity index (χ0) is 12.9. The molecule has 1 N–H and O–H groups in total. The van der Waals surface area contributed by atoms with Crippen molar-refractivity contribution >= 4 is 17.0 Å². The molecule has 6 heteroatoms. The molecule has 0 spiro atoms. The summed E-state index contributed by atoms with van der Waals surface area (Å²) in [5.74, 6) is 0.827. The molecule has 0 aliphatic rings. The van der Waals surface area contributed by atoms with E-state index < -0.39 is 0 Å². The Balaban J connectivity index is 1.56. The highest BCUT2D eigenvalue weighted by atomic mass is 15.3. The Kier molecular flexibility index (Phi) is 3.31. The number of fused-ring (bicyclic) bond motifs is 1. The standard InChI is InChI=1S/C13H14N6/c1(9-19-10-2-6-17-19)5-15-12-4-3-11-13(18-12)16-8-7-14-11/h2-4,6-8,10H,1,5,9H2,(H,15,16,18). The van der Waals surface area contributed by atoms with Crippen LogP contribution >= 0.6 is 0 Å². The molecular weight excluding hydrogens is 240 g/mol. The van der Waals surface area contributed by atoms with Gasteiger partial charge in [-0.1, -0.05) is 0 Å². The van der Waals surface area contributed by atoms with E-state index in [9.17, 15) is 0 Å². The molecule has 0 aliphatic heterocycles. The Labute approximate surface area is 110 Å². The lowest BCUT2D eigenvalue weighted by Crippen LogP contribution is -2.08. The van der Waals surface area contributed by atoms with Gasteiger partial charge in [0.1, 0.15) is 11.3 Å². The second-order valence-electron chi connectivity index (χ2n) is 4.15. The highest BCUT2D eigenvalue weighted by Gasteiger charge is 1.99. The van der Waals surface area contributed by atoms with Crippen LogP contribution in [0.1, 0.15) is 6.42 Å². The van der Waals surface area contributed by atoms with Gasteiger partial charge in [-0.25, -0.2) is 9.97 Å². The van der Waals surface area contributed by atoms with Crippen LogP contribution in [0.4, 0.5) is 5.82 Å². The average Bonchev–Trinajstić information content (AvgIpc) is 2.97. The van der Waals surface area contributed by atoms with Crippen molar-refractivity contribution in [1.29, 1.82) is 0 Å². The fraction of sp³-hybridized carbons (Fsp3) is 0.231. The van der Waals surface area contributed by atoms with Gasteiger partial charge >= 0.3 is 0 Å². The van der Waals surface area contributed by atoms with Crippen molar-refractivity contribution in [3.05, 3.63) is 43.0 Å². The van der Waals surface area contributed by atoms with Crippen LogP contribution in [0.25, 0.3) is 11.2 Å². The maximum Gasteiger partial charge on any atom is 0.180 e. The van der Waals surface area contributed by atoms with E-state index in [0.29, 0.717) is 5.65 Å². The van der Waals surface area contributed by atoms with Crippen LogP contribution in [0.2, 0.25) is 0 Å². The first-order valence-electron chi connectivity index (χ1n) is 6.21. The highest BCUT2D eigenvalue weighted by Crippen LogP contribution is 2.09. The molecule has 0 fully saturated rings. The van der Waals surface area contributed by atoms with Gasteiger partial charge in [0.2, 0.25) is 0 Å². The molecule has 0 radical (unpaired) electrons. The van der Waals surface area contributed by atoms with E-state index in [0.717, 1.165) is 30.8 Å². The van der Waals surface area contributed by atoms with Gasteiger partial charge in [-0.15, -0.1) is 0 Å². The lowest BCUT2D eigenvalue weighted by molar-refractivity contribution is 0.591. The highest BCUT2D eigenvalue weighted by molar-refractivity contribution is 5.71. The molecule has 3 rings (SSSR count). The molecule has 3 heterocycles. The molecule has 0 unspecified atom stereocenters. The largest absolute Gasteiger partial charge is 0.370 e. The normalized spacial score (nSPS) is 10.7. The van der Waals surface area contributed by atoms with Crippen molar-refractivity contribution in [3.63, 3.8) is 0 Å². The van der Waals surface area contributed by atoms with Crippen LogP contribution in [0.15, 0.2) is 43.0 Å².